The molecule has 84 valence electrons. The highest BCUT2D eigenvalue weighted by Gasteiger charge is 2.04. The molecular formula is C12H18ClNO. The van der Waals surface area contributed by atoms with Crippen LogP contribution in [0.25, 0.3) is 0 Å². The molecule has 3 heteroatoms. The maximum absolute atomic E-state index is 5.76. The molecule has 0 unspecified atom stereocenters. The van der Waals surface area contributed by atoms with Gasteiger partial charge in [-0.1, -0.05) is 30.3 Å². The summed E-state index contributed by atoms with van der Waals surface area (Å²) in [6.45, 7) is 3.53. The van der Waals surface area contributed by atoms with E-state index in [9.17, 15) is 0 Å². The molecule has 0 fully saturated rings. The standard InChI is InChI=1S/C12H18ClNO/c1-15-10-9-14(8-7-13)11-12-5-3-2-4-6-12/h2-6H,7-11H2,1H3. The molecule has 0 heterocycles. The molecule has 0 saturated heterocycles. The number of nitrogens with zero attached hydrogens (tertiary/aromatic N) is 1. The molecule has 0 aliphatic rings. The van der Waals surface area contributed by atoms with Gasteiger partial charge in [0.1, 0.15) is 0 Å². The highest BCUT2D eigenvalue weighted by molar-refractivity contribution is 6.18. The number of halogens is 1. The van der Waals surface area contributed by atoms with Crippen molar-refractivity contribution in [2.45, 2.75) is 6.54 Å². The SMILES string of the molecule is COCCN(CCCl)Cc1ccccc1. The Bertz CT molecular complexity index is 253. The Morgan fingerprint density at radius 2 is 1.93 bits per heavy atom. The molecule has 0 saturated carbocycles. The van der Waals surface area contributed by atoms with E-state index in [2.05, 4.69) is 29.2 Å². The lowest BCUT2D eigenvalue weighted by Gasteiger charge is -2.20. The maximum Gasteiger partial charge on any atom is 0.0589 e. The van der Waals surface area contributed by atoms with E-state index in [-0.39, 0.29) is 0 Å². The molecule has 0 atom stereocenters. The minimum atomic E-state index is 0.663. The van der Waals surface area contributed by atoms with Crippen LogP contribution in [0.1, 0.15) is 5.56 Å². The molecule has 0 N–H and O–H groups in total. The number of benzene rings is 1. The van der Waals surface area contributed by atoms with Crippen molar-refractivity contribution >= 4 is 11.6 Å². The lowest BCUT2D eigenvalue weighted by molar-refractivity contribution is 0.148. The first-order chi connectivity index (χ1) is 7.36. The first-order valence-corrected chi connectivity index (χ1v) is 5.71. The third kappa shape index (κ3) is 5.17. The number of ether oxygens (including phenoxy) is 1. The normalized spacial score (nSPS) is 10.9. The second-order valence-corrected chi connectivity index (χ2v) is 3.82. The Hall–Kier alpha value is -0.570. The van der Waals surface area contributed by atoms with E-state index in [1.54, 1.807) is 7.11 Å². The molecule has 1 rings (SSSR count). The third-order valence-electron chi connectivity index (χ3n) is 2.26. The van der Waals surface area contributed by atoms with Crippen molar-refractivity contribution in [2.75, 3.05) is 32.7 Å². The minimum Gasteiger partial charge on any atom is -0.383 e. The van der Waals surface area contributed by atoms with Gasteiger partial charge in [0.05, 0.1) is 6.61 Å². The van der Waals surface area contributed by atoms with Crippen LogP contribution >= 0.6 is 11.6 Å². The summed E-state index contributed by atoms with van der Waals surface area (Å²) in [4.78, 5) is 2.30. The van der Waals surface area contributed by atoms with E-state index >= 15 is 0 Å². The number of hydrogen-bond donors (Lipinski definition) is 0. The van der Waals surface area contributed by atoms with E-state index < -0.39 is 0 Å². The highest BCUT2D eigenvalue weighted by atomic mass is 35.5. The summed E-state index contributed by atoms with van der Waals surface area (Å²) >= 11 is 5.76. The van der Waals surface area contributed by atoms with Gasteiger partial charge in [0, 0.05) is 32.6 Å². The van der Waals surface area contributed by atoms with Gasteiger partial charge in [0.15, 0.2) is 0 Å². The lowest BCUT2D eigenvalue weighted by atomic mass is 10.2. The van der Waals surface area contributed by atoms with Crippen molar-refractivity contribution in [1.29, 1.82) is 0 Å². The summed E-state index contributed by atoms with van der Waals surface area (Å²) in [7, 11) is 1.72. The van der Waals surface area contributed by atoms with Crippen molar-refractivity contribution in [3.63, 3.8) is 0 Å². The molecule has 0 spiro atoms. The molecule has 1 aromatic rings. The second-order valence-electron chi connectivity index (χ2n) is 3.44. The lowest BCUT2D eigenvalue weighted by Crippen LogP contribution is -2.28. The van der Waals surface area contributed by atoms with Gasteiger partial charge in [-0.25, -0.2) is 0 Å². The van der Waals surface area contributed by atoms with E-state index in [1.807, 2.05) is 6.07 Å². The van der Waals surface area contributed by atoms with Crippen molar-refractivity contribution in [2.24, 2.45) is 0 Å². The molecule has 0 bridgehead atoms. The molecule has 0 aliphatic carbocycles. The first-order valence-electron chi connectivity index (χ1n) is 5.18. The van der Waals surface area contributed by atoms with E-state index in [0.717, 1.165) is 26.2 Å². The highest BCUT2D eigenvalue weighted by Crippen LogP contribution is 2.04. The summed E-state index contributed by atoms with van der Waals surface area (Å²) in [5, 5.41) is 0. The fourth-order valence-corrected chi connectivity index (χ4v) is 1.69. The summed E-state index contributed by atoms with van der Waals surface area (Å²) in [6, 6.07) is 10.4. The number of rotatable bonds is 7. The van der Waals surface area contributed by atoms with E-state index in [1.165, 1.54) is 5.56 Å². The van der Waals surface area contributed by atoms with Crippen LogP contribution in [0.15, 0.2) is 30.3 Å². The Morgan fingerprint density at radius 3 is 2.53 bits per heavy atom. The Labute approximate surface area is 96.8 Å². The average Bonchev–Trinajstić information content (AvgIpc) is 2.28. The molecule has 1 aromatic carbocycles. The average molecular weight is 228 g/mol. The number of methoxy groups -OCH3 is 1. The molecule has 0 aliphatic heterocycles. The quantitative estimate of drug-likeness (QED) is 0.664. The fraction of sp³-hybridized carbons (Fsp3) is 0.500. The second kappa shape index (κ2) is 7.69. The van der Waals surface area contributed by atoms with Crippen LogP contribution in [0.2, 0.25) is 0 Å². The molecule has 2 nitrogen and oxygen atoms in total. The van der Waals surface area contributed by atoms with Crippen LogP contribution in [0, 0.1) is 0 Å². The van der Waals surface area contributed by atoms with Gasteiger partial charge in [0.25, 0.3) is 0 Å². The Balaban J connectivity index is 2.43. The zero-order chi connectivity index (χ0) is 10.9. The number of alkyl halides is 1. The predicted octanol–water partition coefficient (Wildman–Crippen LogP) is 2.37. The van der Waals surface area contributed by atoms with E-state index in [0.29, 0.717) is 5.88 Å². The van der Waals surface area contributed by atoms with Crippen LogP contribution in [-0.4, -0.2) is 37.6 Å². The summed E-state index contributed by atoms with van der Waals surface area (Å²) in [5.74, 6) is 0.663. The van der Waals surface area contributed by atoms with Crippen molar-refractivity contribution in [1.82, 2.24) is 4.90 Å². The van der Waals surface area contributed by atoms with Crippen molar-refractivity contribution < 1.29 is 4.74 Å². The molecular weight excluding hydrogens is 210 g/mol. The van der Waals surface area contributed by atoms with Gasteiger partial charge in [-0.05, 0) is 5.56 Å². The van der Waals surface area contributed by atoms with Crippen LogP contribution in [0.3, 0.4) is 0 Å². The third-order valence-corrected chi connectivity index (χ3v) is 2.43. The van der Waals surface area contributed by atoms with Gasteiger partial charge in [-0.15, -0.1) is 11.6 Å². The van der Waals surface area contributed by atoms with Crippen LogP contribution in [-0.2, 0) is 11.3 Å². The van der Waals surface area contributed by atoms with Gasteiger partial charge in [0.2, 0.25) is 0 Å². The number of hydrogen-bond acceptors (Lipinski definition) is 2. The summed E-state index contributed by atoms with van der Waals surface area (Å²) in [6.07, 6.45) is 0. The van der Waals surface area contributed by atoms with Crippen LogP contribution in [0.4, 0.5) is 0 Å². The van der Waals surface area contributed by atoms with Crippen molar-refractivity contribution in [3.8, 4) is 0 Å². The zero-order valence-electron chi connectivity index (χ0n) is 9.16. The minimum absolute atomic E-state index is 0.663. The summed E-state index contributed by atoms with van der Waals surface area (Å²) in [5.41, 5.74) is 1.32. The maximum atomic E-state index is 5.76. The molecule has 0 aromatic heterocycles. The fourth-order valence-electron chi connectivity index (χ4n) is 1.45. The van der Waals surface area contributed by atoms with Gasteiger partial charge in [-0.2, -0.15) is 0 Å². The van der Waals surface area contributed by atoms with Gasteiger partial charge >= 0.3 is 0 Å². The first kappa shape index (κ1) is 12.5. The molecule has 15 heavy (non-hydrogen) atoms. The monoisotopic (exact) mass is 227 g/mol. The zero-order valence-corrected chi connectivity index (χ0v) is 9.91. The van der Waals surface area contributed by atoms with Crippen LogP contribution in [0.5, 0.6) is 0 Å². The van der Waals surface area contributed by atoms with Crippen molar-refractivity contribution in [3.05, 3.63) is 35.9 Å². The Kier molecular flexibility index (Phi) is 6.41. The largest absolute Gasteiger partial charge is 0.383 e. The summed E-state index contributed by atoms with van der Waals surface area (Å²) < 4.78 is 5.07. The van der Waals surface area contributed by atoms with Gasteiger partial charge < -0.3 is 4.74 Å². The Morgan fingerprint density at radius 1 is 1.20 bits per heavy atom. The molecule has 0 amide bonds. The smallest absolute Gasteiger partial charge is 0.0589 e. The molecule has 0 radical (unpaired) electrons. The predicted molar refractivity (Wildman–Crippen MR) is 64.3 cm³/mol. The van der Waals surface area contributed by atoms with Gasteiger partial charge in [-0.3, -0.25) is 4.90 Å². The van der Waals surface area contributed by atoms with E-state index in [4.69, 9.17) is 16.3 Å². The van der Waals surface area contributed by atoms with Crippen LogP contribution < -0.4 is 0 Å². The topological polar surface area (TPSA) is 12.5 Å².